The van der Waals surface area contributed by atoms with Gasteiger partial charge in [0, 0.05) is 37.4 Å². The average Bonchev–Trinajstić information content (AvgIpc) is 3.42. The average molecular weight is 521 g/mol. The van der Waals surface area contributed by atoms with Crippen LogP contribution in [0.2, 0.25) is 0 Å². The third-order valence-electron chi connectivity index (χ3n) is 6.73. The highest BCUT2D eigenvalue weighted by Gasteiger charge is 2.39. The molecule has 3 atom stereocenters. The van der Waals surface area contributed by atoms with Crippen molar-refractivity contribution >= 4 is 28.3 Å². The van der Waals surface area contributed by atoms with E-state index in [2.05, 4.69) is 20.1 Å². The summed E-state index contributed by atoms with van der Waals surface area (Å²) in [5.41, 5.74) is 2.77. The Bertz CT molecular complexity index is 1210. The van der Waals surface area contributed by atoms with Crippen LogP contribution in [0.3, 0.4) is 0 Å². The fourth-order valence-electron chi connectivity index (χ4n) is 4.48. The molecule has 0 bridgehead atoms. The van der Waals surface area contributed by atoms with Crippen molar-refractivity contribution in [3.63, 3.8) is 0 Å². The van der Waals surface area contributed by atoms with Gasteiger partial charge in [-0.25, -0.2) is 13.8 Å². The first kappa shape index (κ1) is 26.6. The number of amides is 1. The standard InChI is InChI=1S/C25H34F2N6O2S/c1-15(32-36(35)24(2,3)4)17-6-7-18-19(14-17)30-22(29-18)21(16-8-11-25(26,27)12-9-16)31-23(34)20-10-13-28-33(20)5/h6-7,10,13-16,21,32H,8-9,11-12H2,1-5H3,(H,29,30)(H,31,34)/t15?,21?,36-/m0/s1. The molecule has 11 heteroatoms. The van der Waals surface area contributed by atoms with Crippen LogP contribution in [0.4, 0.5) is 8.78 Å². The number of imidazole rings is 1. The van der Waals surface area contributed by atoms with Crippen LogP contribution in [0.5, 0.6) is 0 Å². The van der Waals surface area contributed by atoms with Crippen molar-refractivity contribution in [2.45, 2.75) is 76.1 Å². The molecule has 1 aromatic carbocycles. The summed E-state index contributed by atoms with van der Waals surface area (Å²) in [6.45, 7) is 7.67. The molecule has 0 aliphatic heterocycles. The molecule has 2 unspecified atom stereocenters. The van der Waals surface area contributed by atoms with Gasteiger partial charge in [-0.2, -0.15) is 5.10 Å². The molecule has 3 N–H and O–H groups in total. The van der Waals surface area contributed by atoms with Gasteiger partial charge in [-0.3, -0.25) is 9.48 Å². The number of benzene rings is 1. The smallest absolute Gasteiger partial charge is 0.270 e. The summed E-state index contributed by atoms with van der Waals surface area (Å²) in [4.78, 5) is 21.1. The van der Waals surface area contributed by atoms with E-state index < -0.39 is 28.1 Å². The highest BCUT2D eigenvalue weighted by molar-refractivity contribution is 7.90. The monoisotopic (exact) mass is 520 g/mol. The van der Waals surface area contributed by atoms with Crippen LogP contribution in [0.1, 0.15) is 87.3 Å². The Morgan fingerprint density at radius 1 is 1.28 bits per heavy atom. The van der Waals surface area contributed by atoms with E-state index in [4.69, 9.17) is 4.98 Å². The summed E-state index contributed by atoms with van der Waals surface area (Å²) in [6.07, 6.45) is 1.68. The Labute approximate surface area is 212 Å². The third-order valence-corrected chi connectivity index (χ3v) is 8.41. The van der Waals surface area contributed by atoms with Gasteiger partial charge in [-0.15, -0.1) is 4.72 Å². The van der Waals surface area contributed by atoms with E-state index in [1.165, 1.54) is 10.9 Å². The molecular formula is C25H34F2N6O2S. The number of aromatic nitrogens is 4. The maximum absolute atomic E-state index is 13.9. The number of nitrogens with one attached hydrogen (secondary N) is 3. The SMILES string of the molecule is CC(N[S@@+]([O-])C(C)(C)C)c1ccc2[nH]c(C(NC(=O)c3ccnn3C)C3CCC(F)(F)CC3)nc2c1. The molecule has 196 valence electrons. The summed E-state index contributed by atoms with van der Waals surface area (Å²) in [6, 6.07) is 6.64. The van der Waals surface area contributed by atoms with Crippen LogP contribution >= 0.6 is 0 Å². The highest BCUT2D eigenvalue weighted by Crippen LogP contribution is 2.41. The summed E-state index contributed by atoms with van der Waals surface area (Å²) in [5, 5.41) is 7.07. The molecule has 3 aromatic rings. The Kier molecular flexibility index (Phi) is 7.45. The number of hydrogen-bond donors (Lipinski definition) is 3. The number of H-pyrrole nitrogens is 1. The Balaban J connectivity index is 1.61. The summed E-state index contributed by atoms with van der Waals surface area (Å²) in [5.74, 6) is -2.66. The maximum atomic E-state index is 13.9. The van der Waals surface area contributed by atoms with Gasteiger partial charge in [0.05, 0.1) is 23.1 Å². The van der Waals surface area contributed by atoms with Crippen LogP contribution in [0, 0.1) is 5.92 Å². The zero-order valence-corrected chi connectivity index (χ0v) is 22.1. The zero-order chi connectivity index (χ0) is 26.3. The topological polar surface area (TPSA) is 111 Å². The lowest BCUT2D eigenvalue weighted by Gasteiger charge is -2.33. The minimum Gasteiger partial charge on any atom is -0.598 e. The number of nitrogens with zero attached hydrogens (tertiary/aromatic N) is 3. The number of fused-ring (bicyclic) bond motifs is 1. The van der Waals surface area contributed by atoms with Gasteiger partial charge >= 0.3 is 0 Å². The molecule has 1 fully saturated rings. The number of aryl methyl sites for hydroxylation is 1. The maximum Gasteiger partial charge on any atom is 0.270 e. The largest absolute Gasteiger partial charge is 0.598 e. The van der Waals surface area contributed by atoms with Crippen LogP contribution in [-0.2, 0) is 18.4 Å². The molecule has 4 rings (SSSR count). The van der Waals surface area contributed by atoms with Gasteiger partial charge in [-0.1, -0.05) is 6.07 Å². The molecule has 1 aliphatic carbocycles. The van der Waals surface area contributed by atoms with Gasteiger partial charge < -0.3 is 14.9 Å². The Morgan fingerprint density at radius 2 is 1.97 bits per heavy atom. The highest BCUT2D eigenvalue weighted by atomic mass is 32.2. The van der Waals surface area contributed by atoms with Crippen molar-refractivity contribution in [3.8, 4) is 0 Å². The van der Waals surface area contributed by atoms with E-state index in [1.807, 2.05) is 45.9 Å². The van der Waals surface area contributed by atoms with Crippen LogP contribution in [0.25, 0.3) is 11.0 Å². The van der Waals surface area contributed by atoms with Crippen molar-refractivity contribution < 1.29 is 18.1 Å². The van der Waals surface area contributed by atoms with Crippen molar-refractivity contribution in [3.05, 3.63) is 47.5 Å². The molecular weight excluding hydrogens is 486 g/mol. The van der Waals surface area contributed by atoms with Crippen LogP contribution in [-0.4, -0.2) is 40.9 Å². The number of hydrogen-bond acceptors (Lipinski definition) is 5. The van der Waals surface area contributed by atoms with Crippen molar-refractivity contribution in [1.29, 1.82) is 0 Å². The molecule has 1 saturated carbocycles. The van der Waals surface area contributed by atoms with Gasteiger partial charge in [0.25, 0.3) is 5.91 Å². The van der Waals surface area contributed by atoms with E-state index in [1.54, 1.807) is 13.1 Å². The van der Waals surface area contributed by atoms with Crippen molar-refractivity contribution in [1.82, 2.24) is 29.8 Å². The van der Waals surface area contributed by atoms with E-state index in [0.717, 1.165) is 11.1 Å². The lowest BCUT2D eigenvalue weighted by atomic mass is 9.81. The van der Waals surface area contributed by atoms with E-state index in [9.17, 15) is 18.1 Å². The minimum absolute atomic E-state index is 0.171. The third kappa shape index (κ3) is 5.90. The van der Waals surface area contributed by atoms with Gasteiger partial charge in [-0.05, 0) is 70.2 Å². The molecule has 0 spiro atoms. The number of alkyl halides is 2. The lowest BCUT2D eigenvalue weighted by molar-refractivity contribution is -0.0496. The zero-order valence-electron chi connectivity index (χ0n) is 21.3. The molecule has 1 amide bonds. The number of carbonyl (C=O) groups is 1. The summed E-state index contributed by atoms with van der Waals surface area (Å²) in [7, 11) is 1.68. The molecule has 36 heavy (non-hydrogen) atoms. The summed E-state index contributed by atoms with van der Waals surface area (Å²) >= 11 is -1.23. The first-order chi connectivity index (χ1) is 16.8. The van der Waals surface area contributed by atoms with Gasteiger partial charge in [0.15, 0.2) is 0 Å². The fraction of sp³-hybridized carbons (Fsp3) is 0.560. The molecule has 0 radical (unpaired) electrons. The first-order valence-electron chi connectivity index (χ1n) is 12.2. The molecule has 1 aliphatic rings. The van der Waals surface area contributed by atoms with Crippen LogP contribution in [0.15, 0.2) is 30.5 Å². The number of carbonyl (C=O) groups excluding carboxylic acids is 1. The number of rotatable bonds is 7. The van der Waals surface area contributed by atoms with Crippen molar-refractivity contribution in [2.75, 3.05) is 0 Å². The second-order valence-electron chi connectivity index (χ2n) is 10.6. The second kappa shape index (κ2) is 10.1. The van der Waals surface area contributed by atoms with Gasteiger partial charge in [0.1, 0.15) is 16.3 Å². The molecule has 2 aromatic heterocycles. The van der Waals surface area contributed by atoms with E-state index in [0.29, 0.717) is 17.0 Å². The fourth-order valence-corrected chi connectivity index (χ4v) is 5.29. The van der Waals surface area contributed by atoms with Crippen LogP contribution < -0.4 is 10.0 Å². The summed E-state index contributed by atoms with van der Waals surface area (Å²) < 4.78 is 44.5. The number of halogens is 2. The first-order valence-corrected chi connectivity index (χ1v) is 13.3. The predicted molar refractivity (Wildman–Crippen MR) is 136 cm³/mol. The molecule has 2 heterocycles. The normalized spacial score (nSPS) is 19.2. The quantitative estimate of drug-likeness (QED) is 0.391. The Morgan fingerprint density at radius 3 is 2.58 bits per heavy atom. The lowest BCUT2D eigenvalue weighted by Crippen LogP contribution is -2.40. The predicted octanol–water partition coefficient (Wildman–Crippen LogP) is 4.71. The minimum atomic E-state index is -2.67. The van der Waals surface area contributed by atoms with E-state index >= 15 is 0 Å². The van der Waals surface area contributed by atoms with Crippen molar-refractivity contribution in [2.24, 2.45) is 13.0 Å². The van der Waals surface area contributed by atoms with Gasteiger partial charge in [0.2, 0.25) is 5.92 Å². The Hall–Kier alpha value is -2.50. The number of aromatic amines is 1. The molecule has 0 saturated heterocycles. The molecule has 8 nitrogen and oxygen atoms in total. The second-order valence-corrected chi connectivity index (χ2v) is 12.6. The van der Waals surface area contributed by atoms with E-state index in [-0.39, 0.29) is 43.6 Å².